The summed E-state index contributed by atoms with van der Waals surface area (Å²) in [6, 6.07) is 2.60. The number of hydrogen-bond donors (Lipinski definition) is 0. The first-order valence-electron chi connectivity index (χ1n) is 5.46. The first-order chi connectivity index (χ1) is 8.95. The minimum Gasteiger partial charge on any atom is -0.469 e. The number of carbonyl (C=O) groups is 1. The average molecular weight is 330 g/mol. The van der Waals surface area contributed by atoms with Crippen molar-refractivity contribution in [3.63, 3.8) is 0 Å². The number of methoxy groups -OCH3 is 1. The van der Waals surface area contributed by atoms with Gasteiger partial charge < -0.3 is 4.74 Å². The molecule has 3 nitrogen and oxygen atoms in total. The zero-order valence-electron chi connectivity index (χ0n) is 10.2. The first kappa shape index (κ1) is 13.9. The fraction of sp³-hybridized carbons (Fsp3) is 0.231. The van der Waals surface area contributed by atoms with Gasteiger partial charge in [-0.3, -0.25) is 9.78 Å². The van der Waals surface area contributed by atoms with Crippen molar-refractivity contribution in [3.05, 3.63) is 40.0 Å². The Morgan fingerprint density at radius 1 is 1.42 bits per heavy atom. The van der Waals surface area contributed by atoms with Gasteiger partial charge in [-0.2, -0.15) is 0 Å². The molecule has 2 rings (SSSR count). The van der Waals surface area contributed by atoms with Gasteiger partial charge in [-0.1, -0.05) is 0 Å². The van der Waals surface area contributed by atoms with E-state index >= 15 is 0 Å². The molecule has 0 saturated heterocycles. The number of nitrogens with zero attached hydrogens (tertiary/aromatic N) is 1. The Hall–Kier alpha value is -1.56. The molecular formula is C13H10BrF2NO2. The molecule has 2 aromatic rings. The van der Waals surface area contributed by atoms with Crippen molar-refractivity contribution in [2.24, 2.45) is 0 Å². The van der Waals surface area contributed by atoms with Crippen LogP contribution in [0.15, 0.2) is 22.8 Å². The van der Waals surface area contributed by atoms with E-state index in [0.29, 0.717) is 4.47 Å². The van der Waals surface area contributed by atoms with E-state index in [-0.39, 0.29) is 16.5 Å². The molecule has 100 valence electrons. The van der Waals surface area contributed by atoms with Gasteiger partial charge >= 0.3 is 5.97 Å². The lowest BCUT2D eigenvalue weighted by Gasteiger charge is -2.13. The molecule has 0 spiro atoms. The van der Waals surface area contributed by atoms with Crippen LogP contribution in [0.1, 0.15) is 18.4 Å². The smallest absolute Gasteiger partial charge is 0.313 e. The number of carbonyl (C=O) groups excluding carboxylic acids is 1. The summed E-state index contributed by atoms with van der Waals surface area (Å²) in [4.78, 5) is 15.4. The van der Waals surface area contributed by atoms with Crippen molar-refractivity contribution in [2.45, 2.75) is 12.8 Å². The van der Waals surface area contributed by atoms with Crippen LogP contribution in [0.25, 0.3) is 10.9 Å². The second-order valence-electron chi connectivity index (χ2n) is 4.05. The third-order valence-electron chi connectivity index (χ3n) is 2.87. The molecule has 0 radical (unpaired) electrons. The first-order valence-corrected chi connectivity index (χ1v) is 6.26. The van der Waals surface area contributed by atoms with Crippen molar-refractivity contribution < 1.29 is 18.3 Å². The fourth-order valence-corrected chi connectivity index (χ4v) is 2.21. The van der Waals surface area contributed by atoms with Crippen LogP contribution < -0.4 is 0 Å². The van der Waals surface area contributed by atoms with E-state index in [0.717, 1.165) is 6.07 Å². The molecule has 0 amide bonds. The monoisotopic (exact) mass is 329 g/mol. The predicted octanol–water partition coefficient (Wildman–Crippen LogP) is 3.55. The van der Waals surface area contributed by atoms with Gasteiger partial charge in [0, 0.05) is 27.7 Å². The quantitative estimate of drug-likeness (QED) is 0.791. The Balaban J connectivity index is 2.71. The third-order valence-corrected chi connectivity index (χ3v) is 3.30. The molecule has 1 atom stereocenters. The Morgan fingerprint density at radius 3 is 2.74 bits per heavy atom. The van der Waals surface area contributed by atoms with Crippen LogP contribution in [0.2, 0.25) is 0 Å². The largest absolute Gasteiger partial charge is 0.469 e. The number of aromatic nitrogens is 1. The van der Waals surface area contributed by atoms with Crippen molar-refractivity contribution in [2.75, 3.05) is 7.11 Å². The molecular weight excluding hydrogens is 320 g/mol. The van der Waals surface area contributed by atoms with Crippen LogP contribution >= 0.6 is 15.9 Å². The average Bonchev–Trinajstić information content (AvgIpc) is 2.38. The maximum absolute atomic E-state index is 14.3. The van der Waals surface area contributed by atoms with E-state index in [1.807, 2.05) is 0 Å². The van der Waals surface area contributed by atoms with E-state index in [9.17, 15) is 13.6 Å². The minimum absolute atomic E-state index is 0.154. The molecule has 1 aromatic carbocycles. The van der Waals surface area contributed by atoms with Crippen molar-refractivity contribution in [3.8, 4) is 0 Å². The summed E-state index contributed by atoms with van der Waals surface area (Å²) in [6.07, 6.45) is 1.45. The van der Waals surface area contributed by atoms with Gasteiger partial charge in [-0.25, -0.2) is 8.78 Å². The number of rotatable bonds is 2. The Bertz CT molecular complexity index is 661. The zero-order valence-corrected chi connectivity index (χ0v) is 11.8. The number of benzene rings is 1. The highest BCUT2D eigenvalue weighted by molar-refractivity contribution is 9.10. The lowest BCUT2D eigenvalue weighted by Crippen LogP contribution is -2.14. The molecule has 19 heavy (non-hydrogen) atoms. The summed E-state index contributed by atoms with van der Waals surface area (Å²) < 4.78 is 33.4. The molecule has 1 unspecified atom stereocenters. The molecule has 0 saturated carbocycles. The minimum atomic E-state index is -1.02. The molecule has 0 N–H and O–H groups in total. The van der Waals surface area contributed by atoms with E-state index in [1.54, 1.807) is 0 Å². The Morgan fingerprint density at radius 2 is 2.11 bits per heavy atom. The Kier molecular flexibility index (Phi) is 3.80. The van der Waals surface area contributed by atoms with E-state index in [2.05, 4.69) is 25.7 Å². The molecule has 0 aliphatic heterocycles. The lowest BCUT2D eigenvalue weighted by molar-refractivity contribution is -0.142. The van der Waals surface area contributed by atoms with Crippen molar-refractivity contribution in [1.82, 2.24) is 4.98 Å². The van der Waals surface area contributed by atoms with Crippen LogP contribution in [-0.2, 0) is 9.53 Å². The predicted molar refractivity (Wildman–Crippen MR) is 69.8 cm³/mol. The number of fused-ring (bicyclic) bond motifs is 1. The summed E-state index contributed by atoms with van der Waals surface area (Å²) in [6.45, 7) is 1.39. The van der Waals surface area contributed by atoms with Crippen molar-refractivity contribution >= 4 is 32.8 Å². The van der Waals surface area contributed by atoms with Crippen LogP contribution in [0.3, 0.4) is 0 Å². The summed E-state index contributed by atoms with van der Waals surface area (Å²) in [7, 11) is 1.17. The number of hydrogen-bond acceptors (Lipinski definition) is 3. The maximum Gasteiger partial charge on any atom is 0.313 e. The zero-order chi connectivity index (χ0) is 14.2. The molecule has 0 fully saturated rings. The molecule has 0 aliphatic carbocycles. The summed E-state index contributed by atoms with van der Waals surface area (Å²) >= 11 is 3.17. The summed E-state index contributed by atoms with van der Waals surface area (Å²) in [5.74, 6) is -3.31. The number of pyridine rings is 1. The topological polar surface area (TPSA) is 39.2 Å². The normalized spacial score (nSPS) is 12.5. The SMILES string of the molecule is COC(=O)C(C)c1c(F)cc2ncc(Br)cc2c1F. The molecule has 6 heteroatoms. The number of esters is 1. The maximum atomic E-state index is 14.3. The van der Waals surface area contributed by atoms with Gasteiger partial charge in [0.2, 0.25) is 0 Å². The van der Waals surface area contributed by atoms with Gasteiger partial charge in [0.05, 0.1) is 18.5 Å². The third kappa shape index (κ3) is 2.45. The molecule has 0 aliphatic rings. The molecule has 1 aromatic heterocycles. The number of ether oxygens (including phenoxy) is 1. The lowest BCUT2D eigenvalue weighted by atomic mass is 9.97. The van der Waals surface area contributed by atoms with Crippen LogP contribution in [-0.4, -0.2) is 18.1 Å². The van der Waals surface area contributed by atoms with E-state index in [1.165, 1.54) is 26.3 Å². The van der Waals surface area contributed by atoms with Gasteiger partial charge in [0.15, 0.2) is 0 Å². The van der Waals surface area contributed by atoms with Crippen LogP contribution in [0.5, 0.6) is 0 Å². The molecule has 0 bridgehead atoms. The second-order valence-corrected chi connectivity index (χ2v) is 4.97. The van der Waals surface area contributed by atoms with E-state index < -0.39 is 23.5 Å². The fourth-order valence-electron chi connectivity index (χ4n) is 1.88. The van der Waals surface area contributed by atoms with Gasteiger partial charge in [-0.15, -0.1) is 0 Å². The molecule has 1 heterocycles. The number of halogens is 3. The Labute approximate surface area is 116 Å². The van der Waals surface area contributed by atoms with Crippen LogP contribution in [0.4, 0.5) is 8.78 Å². The van der Waals surface area contributed by atoms with Gasteiger partial charge in [0.25, 0.3) is 0 Å². The standard InChI is InChI=1S/C13H10BrF2NO2/c1-6(13(18)19-2)11-9(15)4-10-8(12(11)16)3-7(14)5-17-10/h3-6H,1-2H3. The van der Waals surface area contributed by atoms with Gasteiger partial charge in [0.1, 0.15) is 11.6 Å². The highest BCUT2D eigenvalue weighted by atomic mass is 79.9. The summed E-state index contributed by atoms with van der Waals surface area (Å²) in [5, 5.41) is 0.154. The highest BCUT2D eigenvalue weighted by Crippen LogP contribution is 2.30. The van der Waals surface area contributed by atoms with Gasteiger partial charge in [-0.05, 0) is 28.9 Å². The van der Waals surface area contributed by atoms with E-state index in [4.69, 9.17) is 0 Å². The second kappa shape index (κ2) is 5.21. The summed E-state index contributed by atoms with van der Waals surface area (Å²) in [5.41, 5.74) is -0.113. The van der Waals surface area contributed by atoms with Crippen molar-refractivity contribution in [1.29, 1.82) is 0 Å². The highest BCUT2D eigenvalue weighted by Gasteiger charge is 2.25. The van der Waals surface area contributed by atoms with Crippen LogP contribution in [0, 0.1) is 11.6 Å².